The molecule has 1 aliphatic heterocycles. The van der Waals surface area contributed by atoms with Gasteiger partial charge in [-0.1, -0.05) is 23.8 Å². The quantitative estimate of drug-likeness (QED) is 0.848. The van der Waals surface area contributed by atoms with Crippen molar-refractivity contribution in [1.82, 2.24) is 19.4 Å². The molecule has 4 nitrogen and oxygen atoms in total. The van der Waals surface area contributed by atoms with E-state index in [4.69, 9.17) is 0 Å². The average molecular weight is 312 g/mol. The standard InChI is InChI=1S/C19H28N4/c1-16-4-5-17(2)19(14-16)15-22-10-8-21(9-11-22)12-13-23-7-6-20-18(23)3/h4-7,14H,8-13,15H2,1-3H3. The highest BCUT2D eigenvalue weighted by molar-refractivity contribution is 5.30. The fourth-order valence-electron chi connectivity index (χ4n) is 3.27. The Morgan fingerprint density at radius 1 is 0.957 bits per heavy atom. The molecule has 0 amide bonds. The fourth-order valence-corrected chi connectivity index (χ4v) is 3.27. The predicted molar refractivity (Wildman–Crippen MR) is 94.6 cm³/mol. The van der Waals surface area contributed by atoms with Crippen molar-refractivity contribution in [2.24, 2.45) is 0 Å². The van der Waals surface area contributed by atoms with Crippen LogP contribution in [0.3, 0.4) is 0 Å². The number of nitrogens with zero attached hydrogens (tertiary/aromatic N) is 4. The number of rotatable bonds is 5. The summed E-state index contributed by atoms with van der Waals surface area (Å²) in [6.07, 6.45) is 3.96. The van der Waals surface area contributed by atoms with Gasteiger partial charge in [-0.3, -0.25) is 9.80 Å². The van der Waals surface area contributed by atoms with Gasteiger partial charge in [0.25, 0.3) is 0 Å². The van der Waals surface area contributed by atoms with E-state index in [0.29, 0.717) is 0 Å². The first kappa shape index (κ1) is 16.2. The molecule has 23 heavy (non-hydrogen) atoms. The van der Waals surface area contributed by atoms with Gasteiger partial charge in [-0.05, 0) is 31.9 Å². The Morgan fingerprint density at radius 3 is 2.39 bits per heavy atom. The molecule has 3 rings (SSSR count). The van der Waals surface area contributed by atoms with Gasteiger partial charge in [-0.2, -0.15) is 0 Å². The lowest BCUT2D eigenvalue weighted by atomic mass is 10.0. The summed E-state index contributed by atoms with van der Waals surface area (Å²) >= 11 is 0. The van der Waals surface area contributed by atoms with Crippen molar-refractivity contribution in [3.05, 3.63) is 53.1 Å². The first-order valence-corrected chi connectivity index (χ1v) is 8.60. The van der Waals surface area contributed by atoms with Crippen LogP contribution in [0.4, 0.5) is 0 Å². The van der Waals surface area contributed by atoms with E-state index < -0.39 is 0 Å². The predicted octanol–water partition coefficient (Wildman–Crippen LogP) is 2.63. The monoisotopic (exact) mass is 312 g/mol. The summed E-state index contributed by atoms with van der Waals surface area (Å²) in [7, 11) is 0. The second-order valence-corrected chi connectivity index (χ2v) is 6.72. The summed E-state index contributed by atoms with van der Waals surface area (Å²) in [4.78, 5) is 9.44. The number of benzene rings is 1. The lowest BCUT2D eigenvalue weighted by Gasteiger charge is -2.35. The first-order chi connectivity index (χ1) is 11.1. The second-order valence-electron chi connectivity index (χ2n) is 6.72. The number of aryl methyl sites for hydroxylation is 3. The minimum Gasteiger partial charge on any atom is -0.334 e. The summed E-state index contributed by atoms with van der Waals surface area (Å²) < 4.78 is 2.24. The maximum Gasteiger partial charge on any atom is 0.105 e. The van der Waals surface area contributed by atoms with Crippen molar-refractivity contribution in [1.29, 1.82) is 0 Å². The van der Waals surface area contributed by atoms with Crippen molar-refractivity contribution in [3.63, 3.8) is 0 Å². The van der Waals surface area contributed by atoms with Gasteiger partial charge in [-0.15, -0.1) is 0 Å². The van der Waals surface area contributed by atoms with Crippen LogP contribution < -0.4 is 0 Å². The topological polar surface area (TPSA) is 24.3 Å². The van der Waals surface area contributed by atoms with Gasteiger partial charge in [0.05, 0.1) is 0 Å². The Kier molecular flexibility index (Phi) is 5.13. The van der Waals surface area contributed by atoms with E-state index >= 15 is 0 Å². The van der Waals surface area contributed by atoms with Crippen LogP contribution >= 0.6 is 0 Å². The van der Waals surface area contributed by atoms with Crippen LogP contribution in [-0.2, 0) is 13.1 Å². The molecule has 0 unspecified atom stereocenters. The molecule has 2 aromatic rings. The van der Waals surface area contributed by atoms with E-state index in [0.717, 1.165) is 38.5 Å². The SMILES string of the molecule is Cc1ccc(C)c(CN2CCN(CCn3ccnc3C)CC2)c1. The van der Waals surface area contributed by atoms with E-state index in [2.05, 4.69) is 64.5 Å². The van der Waals surface area contributed by atoms with E-state index in [1.54, 1.807) is 0 Å². The summed E-state index contributed by atoms with van der Waals surface area (Å²) in [5.41, 5.74) is 4.25. The Labute approximate surface area is 139 Å². The highest BCUT2D eigenvalue weighted by atomic mass is 15.3. The Hall–Kier alpha value is -1.65. The normalized spacial score (nSPS) is 16.8. The van der Waals surface area contributed by atoms with Gasteiger partial charge in [0.2, 0.25) is 0 Å². The molecular formula is C19H28N4. The number of hydrogen-bond donors (Lipinski definition) is 0. The van der Waals surface area contributed by atoms with Gasteiger partial charge in [0.1, 0.15) is 5.82 Å². The molecule has 0 aliphatic carbocycles. The molecular weight excluding hydrogens is 284 g/mol. The fraction of sp³-hybridized carbons (Fsp3) is 0.526. The van der Waals surface area contributed by atoms with Crippen LogP contribution in [0.1, 0.15) is 22.5 Å². The summed E-state index contributed by atoms with van der Waals surface area (Å²) in [6, 6.07) is 6.78. The molecule has 1 aromatic carbocycles. The van der Waals surface area contributed by atoms with Gasteiger partial charge in [0.15, 0.2) is 0 Å². The number of piperazine rings is 1. The van der Waals surface area contributed by atoms with Crippen LogP contribution in [0.15, 0.2) is 30.6 Å². The van der Waals surface area contributed by atoms with Crippen LogP contribution in [-0.4, -0.2) is 52.1 Å². The zero-order valence-corrected chi connectivity index (χ0v) is 14.6. The Morgan fingerprint density at radius 2 is 1.70 bits per heavy atom. The van der Waals surface area contributed by atoms with Crippen LogP contribution in [0.5, 0.6) is 0 Å². The minimum atomic E-state index is 1.04. The molecule has 0 bridgehead atoms. The number of imidazole rings is 1. The Bertz CT molecular complexity index is 639. The Balaban J connectivity index is 1.47. The highest BCUT2D eigenvalue weighted by Crippen LogP contribution is 2.14. The maximum absolute atomic E-state index is 4.29. The lowest BCUT2D eigenvalue weighted by Crippen LogP contribution is -2.46. The van der Waals surface area contributed by atoms with Crippen LogP contribution in [0.25, 0.3) is 0 Å². The molecule has 4 heteroatoms. The van der Waals surface area contributed by atoms with E-state index in [9.17, 15) is 0 Å². The minimum absolute atomic E-state index is 1.04. The molecule has 0 atom stereocenters. The number of hydrogen-bond acceptors (Lipinski definition) is 3. The zero-order chi connectivity index (χ0) is 16.2. The van der Waals surface area contributed by atoms with Crippen molar-refractivity contribution in [2.45, 2.75) is 33.9 Å². The summed E-state index contributed by atoms with van der Waals surface area (Å²) in [6.45, 7) is 14.4. The average Bonchev–Trinajstić information content (AvgIpc) is 2.95. The molecule has 1 fully saturated rings. The summed E-state index contributed by atoms with van der Waals surface area (Å²) in [5.74, 6) is 1.11. The maximum atomic E-state index is 4.29. The molecule has 0 spiro atoms. The first-order valence-electron chi connectivity index (χ1n) is 8.60. The molecule has 1 aliphatic rings. The van der Waals surface area contributed by atoms with Crippen molar-refractivity contribution < 1.29 is 0 Å². The van der Waals surface area contributed by atoms with Gasteiger partial charge >= 0.3 is 0 Å². The smallest absolute Gasteiger partial charge is 0.105 e. The third-order valence-electron chi connectivity index (χ3n) is 4.94. The van der Waals surface area contributed by atoms with Crippen molar-refractivity contribution in [2.75, 3.05) is 32.7 Å². The third kappa shape index (κ3) is 4.21. The second kappa shape index (κ2) is 7.28. The number of aromatic nitrogens is 2. The highest BCUT2D eigenvalue weighted by Gasteiger charge is 2.17. The lowest BCUT2D eigenvalue weighted by molar-refractivity contribution is 0.124. The van der Waals surface area contributed by atoms with Crippen LogP contribution in [0, 0.1) is 20.8 Å². The van der Waals surface area contributed by atoms with Gasteiger partial charge in [0, 0.05) is 58.2 Å². The molecule has 0 radical (unpaired) electrons. The van der Waals surface area contributed by atoms with E-state index in [-0.39, 0.29) is 0 Å². The summed E-state index contributed by atoms with van der Waals surface area (Å²) in [5, 5.41) is 0. The van der Waals surface area contributed by atoms with Crippen LogP contribution in [0.2, 0.25) is 0 Å². The molecule has 1 saturated heterocycles. The zero-order valence-electron chi connectivity index (χ0n) is 14.6. The third-order valence-corrected chi connectivity index (χ3v) is 4.94. The van der Waals surface area contributed by atoms with E-state index in [1.165, 1.54) is 29.8 Å². The molecule has 0 saturated carbocycles. The van der Waals surface area contributed by atoms with E-state index in [1.807, 2.05) is 6.20 Å². The molecule has 1 aromatic heterocycles. The largest absolute Gasteiger partial charge is 0.334 e. The van der Waals surface area contributed by atoms with Crippen molar-refractivity contribution >= 4 is 0 Å². The van der Waals surface area contributed by atoms with Crippen molar-refractivity contribution in [3.8, 4) is 0 Å². The molecule has 0 N–H and O–H groups in total. The van der Waals surface area contributed by atoms with Gasteiger partial charge in [-0.25, -0.2) is 4.98 Å². The van der Waals surface area contributed by atoms with Gasteiger partial charge < -0.3 is 4.57 Å². The molecule has 2 heterocycles. The molecule has 124 valence electrons.